The van der Waals surface area contributed by atoms with Crippen molar-refractivity contribution in [1.29, 1.82) is 0 Å². The van der Waals surface area contributed by atoms with Crippen LogP contribution in [0.15, 0.2) is 78.9 Å². The molecule has 6 heteroatoms. The number of rotatable bonds is 10. The highest BCUT2D eigenvalue weighted by Crippen LogP contribution is 2.19. The summed E-state index contributed by atoms with van der Waals surface area (Å²) in [6.45, 7) is 5.06. The van der Waals surface area contributed by atoms with E-state index < -0.39 is 0 Å². The van der Waals surface area contributed by atoms with Gasteiger partial charge in [-0.2, -0.15) is 0 Å². The van der Waals surface area contributed by atoms with Gasteiger partial charge in [-0.25, -0.2) is 0 Å². The van der Waals surface area contributed by atoms with E-state index in [1.54, 1.807) is 36.2 Å². The number of para-hydroxylation sites is 1. The monoisotopic (exact) mass is 445 g/mol. The second-order valence-electron chi connectivity index (χ2n) is 8.24. The van der Waals surface area contributed by atoms with Crippen LogP contribution < -0.4 is 20.3 Å². The maximum atomic E-state index is 12.7. The van der Waals surface area contributed by atoms with E-state index in [1.165, 1.54) is 0 Å². The summed E-state index contributed by atoms with van der Waals surface area (Å²) < 4.78 is 5.75. The van der Waals surface area contributed by atoms with E-state index in [1.807, 2.05) is 54.6 Å². The van der Waals surface area contributed by atoms with Crippen LogP contribution in [-0.2, 0) is 4.79 Å². The summed E-state index contributed by atoms with van der Waals surface area (Å²) in [5.74, 6) is 1.05. The maximum Gasteiger partial charge on any atom is 0.258 e. The first-order chi connectivity index (χ1) is 15.9. The molecule has 0 aliphatic carbocycles. The highest BCUT2D eigenvalue weighted by atomic mass is 16.5. The van der Waals surface area contributed by atoms with Gasteiger partial charge in [0.05, 0.1) is 13.2 Å². The van der Waals surface area contributed by atoms with Crippen molar-refractivity contribution in [3.05, 3.63) is 84.4 Å². The number of benzene rings is 3. The fourth-order valence-corrected chi connectivity index (χ4v) is 3.16. The molecule has 0 spiro atoms. The third-order valence-electron chi connectivity index (χ3n) is 5.11. The molecule has 2 amide bonds. The lowest BCUT2D eigenvalue weighted by Crippen LogP contribution is -2.26. The highest BCUT2D eigenvalue weighted by Gasteiger charge is 2.13. The fraction of sp³-hybridized carbons (Fsp3) is 0.259. The third-order valence-corrected chi connectivity index (χ3v) is 5.11. The normalized spacial score (nSPS) is 10.5. The van der Waals surface area contributed by atoms with Gasteiger partial charge in [-0.3, -0.25) is 9.59 Å². The fourth-order valence-electron chi connectivity index (χ4n) is 3.16. The quantitative estimate of drug-likeness (QED) is 0.436. The molecule has 0 aliphatic rings. The van der Waals surface area contributed by atoms with E-state index in [9.17, 15) is 9.59 Å². The van der Waals surface area contributed by atoms with Crippen molar-refractivity contribution in [2.45, 2.75) is 20.3 Å². The van der Waals surface area contributed by atoms with Crippen molar-refractivity contribution in [3.63, 3.8) is 0 Å². The average Bonchev–Trinajstić information content (AvgIpc) is 2.83. The first-order valence-electron chi connectivity index (χ1n) is 11.1. The molecule has 0 fully saturated rings. The lowest BCUT2D eigenvalue weighted by atomic mass is 10.1. The average molecular weight is 446 g/mol. The molecule has 0 heterocycles. The van der Waals surface area contributed by atoms with Gasteiger partial charge in [0.1, 0.15) is 5.75 Å². The minimum atomic E-state index is -0.168. The van der Waals surface area contributed by atoms with E-state index in [4.69, 9.17) is 4.74 Å². The van der Waals surface area contributed by atoms with E-state index in [2.05, 4.69) is 24.5 Å². The molecule has 0 radical (unpaired) electrons. The van der Waals surface area contributed by atoms with Crippen LogP contribution in [0.4, 0.5) is 17.1 Å². The molecule has 0 aromatic heterocycles. The van der Waals surface area contributed by atoms with Crippen molar-refractivity contribution < 1.29 is 14.3 Å². The summed E-state index contributed by atoms with van der Waals surface area (Å²) in [5, 5.41) is 5.96. The Morgan fingerprint density at radius 3 is 2.33 bits per heavy atom. The standard InChI is InChI=1S/C27H31N3O3/c1-20(2)16-17-33-25-11-7-8-23(18-25)29-26(31)19-28-22-14-12-21(13-15-22)27(32)30(3)24-9-5-4-6-10-24/h4-15,18,20,28H,16-17,19H2,1-3H3,(H,29,31). The number of hydrogen-bond acceptors (Lipinski definition) is 4. The number of nitrogens with zero attached hydrogens (tertiary/aromatic N) is 1. The second kappa shape index (κ2) is 11.7. The summed E-state index contributed by atoms with van der Waals surface area (Å²) in [5.41, 5.74) is 2.85. The van der Waals surface area contributed by atoms with E-state index >= 15 is 0 Å². The minimum absolute atomic E-state index is 0.0963. The zero-order valence-electron chi connectivity index (χ0n) is 19.4. The Hall–Kier alpha value is -3.80. The number of carbonyl (C=O) groups is 2. The Bertz CT molecular complexity index is 1050. The van der Waals surface area contributed by atoms with Gasteiger partial charge in [0.2, 0.25) is 5.91 Å². The Labute approximate surface area is 195 Å². The topological polar surface area (TPSA) is 70.7 Å². The molecule has 2 N–H and O–H groups in total. The molecule has 0 bridgehead atoms. The number of anilines is 3. The van der Waals surface area contributed by atoms with Crippen LogP contribution in [0, 0.1) is 5.92 Å². The highest BCUT2D eigenvalue weighted by molar-refractivity contribution is 6.05. The van der Waals surface area contributed by atoms with Crippen LogP contribution in [-0.4, -0.2) is 32.0 Å². The van der Waals surface area contributed by atoms with Gasteiger partial charge in [0.25, 0.3) is 5.91 Å². The molecule has 172 valence electrons. The molecule has 0 saturated heterocycles. The van der Waals surface area contributed by atoms with Crippen molar-refractivity contribution in [1.82, 2.24) is 0 Å². The Morgan fingerprint density at radius 2 is 1.64 bits per heavy atom. The summed E-state index contributed by atoms with van der Waals surface area (Å²) in [6.07, 6.45) is 0.980. The van der Waals surface area contributed by atoms with Crippen LogP contribution in [0.5, 0.6) is 5.75 Å². The van der Waals surface area contributed by atoms with Crippen LogP contribution in [0.2, 0.25) is 0 Å². The van der Waals surface area contributed by atoms with Gasteiger partial charge >= 0.3 is 0 Å². The SMILES string of the molecule is CC(C)CCOc1cccc(NC(=O)CNc2ccc(C(=O)N(C)c3ccccc3)cc2)c1. The number of hydrogen-bond donors (Lipinski definition) is 2. The molecule has 0 atom stereocenters. The Kier molecular flexibility index (Phi) is 8.47. The minimum Gasteiger partial charge on any atom is -0.494 e. The van der Waals surface area contributed by atoms with Crippen molar-refractivity contribution in [2.75, 3.05) is 35.7 Å². The van der Waals surface area contributed by atoms with Crippen molar-refractivity contribution in [3.8, 4) is 5.75 Å². The van der Waals surface area contributed by atoms with Gasteiger partial charge in [-0.1, -0.05) is 38.1 Å². The number of carbonyl (C=O) groups excluding carboxylic acids is 2. The largest absolute Gasteiger partial charge is 0.494 e. The van der Waals surface area contributed by atoms with E-state index in [-0.39, 0.29) is 18.4 Å². The summed E-state index contributed by atoms with van der Waals surface area (Å²) in [4.78, 5) is 26.6. The van der Waals surface area contributed by atoms with Gasteiger partial charge in [-0.05, 0) is 60.9 Å². The van der Waals surface area contributed by atoms with E-state index in [0.29, 0.717) is 23.8 Å². The molecule has 3 aromatic rings. The molecule has 3 rings (SSSR count). The third kappa shape index (κ3) is 7.38. The van der Waals surface area contributed by atoms with Crippen molar-refractivity contribution >= 4 is 28.9 Å². The number of nitrogens with one attached hydrogen (secondary N) is 2. The summed E-state index contributed by atoms with van der Waals surface area (Å²) in [7, 11) is 1.75. The van der Waals surface area contributed by atoms with Gasteiger partial charge in [-0.15, -0.1) is 0 Å². The number of amides is 2. The van der Waals surface area contributed by atoms with Crippen LogP contribution in [0.1, 0.15) is 30.6 Å². The molecular weight excluding hydrogens is 414 g/mol. The van der Waals surface area contributed by atoms with Crippen LogP contribution in [0.3, 0.4) is 0 Å². The smallest absolute Gasteiger partial charge is 0.258 e. The first kappa shape index (κ1) is 23.9. The van der Waals surface area contributed by atoms with Gasteiger partial charge in [0.15, 0.2) is 0 Å². The molecular formula is C27H31N3O3. The van der Waals surface area contributed by atoms with Crippen molar-refractivity contribution in [2.24, 2.45) is 5.92 Å². The lowest BCUT2D eigenvalue weighted by molar-refractivity contribution is -0.114. The molecule has 0 saturated carbocycles. The molecule has 0 aliphatic heterocycles. The zero-order valence-corrected chi connectivity index (χ0v) is 19.4. The van der Waals surface area contributed by atoms with Gasteiger partial charge in [0, 0.05) is 35.7 Å². The molecule has 6 nitrogen and oxygen atoms in total. The number of ether oxygens (including phenoxy) is 1. The summed E-state index contributed by atoms with van der Waals surface area (Å²) >= 11 is 0. The molecule has 33 heavy (non-hydrogen) atoms. The van der Waals surface area contributed by atoms with E-state index in [0.717, 1.165) is 23.5 Å². The lowest BCUT2D eigenvalue weighted by Gasteiger charge is -2.17. The zero-order chi connectivity index (χ0) is 23.6. The first-order valence-corrected chi connectivity index (χ1v) is 11.1. The molecule has 3 aromatic carbocycles. The van der Waals surface area contributed by atoms with Gasteiger partial charge < -0.3 is 20.3 Å². The predicted molar refractivity (Wildman–Crippen MR) is 134 cm³/mol. The predicted octanol–water partition coefficient (Wildman–Crippen LogP) is 5.44. The summed E-state index contributed by atoms with van der Waals surface area (Å²) in [6, 6.07) is 24.0. The molecule has 0 unspecified atom stereocenters. The van der Waals surface area contributed by atoms with Crippen LogP contribution in [0.25, 0.3) is 0 Å². The van der Waals surface area contributed by atoms with Crippen LogP contribution >= 0.6 is 0 Å². The Morgan fingerprint density at radius 1 is 0.909 bits per heavy atom. The second-order valence-corrected chi connectivity index (χ2v) is 8.24. The maximum absolute atomic E-state index is 12.7. The Balaban J connectivity index is 1.49.